The van der Waals surface area contributed by atoms with Crippen molar-refractivity contribution in [3.63, 3.8) is 0 Å². The molecular formula is C13H29N3O. The highest BCUT2D eigenvalue weighted by Gasteiger charge is 2.19. The molecule has 2 unspecified atom stereocenters. The first kappa shape index (κ1) is 14.9. The maximum absolute atomic E-state index is 5.56. The summed E-state index contributed by atoms with van der Waals surface area (Å²) in [7, 11) is 4.00. The molecular weight excluding hydrogens is 214 g/mol. The molecule has 0 aromatic rings. The Morgan fingerprint density at radius 3 is 2.94 bits per heavy atom. The van der Waals surface area contributed by atoms with Gasteiger partial charge in [0.25, 0.3) is 0 Å². The van der Waals surface area contributed by atoms with Crippen LogP contribution in [-0.2, 0) is 4.74 Å². The van der Waals surface area contributed by atoms with Gasteiger partial charge in [-0.25, -0.2) is 0 Å². The van der Waals surface area contributed by atoms with E-state index in [9.17, 15) is 0 Å². The van der Waals surface area contributed by atoms with Gasteiger partial charge < -0.3 is 20.7 Å². The number of methoxy groups -OCH3 is 1. The van der Waals surface area contributed by atoms with Crippen LogP contribution in [0.5, 0.6) is 0 Å². The van der Waals surface area contributed by atoms with E-state index in [1.165, 1.54) is 25.8 Å². The molecule has 0 aromatic heterocycles. The Bertz CT molecular complexity index is 190. The zero-order valence-electron chi connectivity index (χ0n) is 11.5. The Labute approximate surface area is 106 Å². The molecule has 1 aliphatic rings. The maximum atomic E-state index is 5.56. The number of likely N-dealkylation sites (tertiary alicyclic amines) is 1. The lowest BCUT2D eigenvalue weighted by Gasteiger charge is -2.33. The molecule has 1 rings (SSSR count). The predicted molar refractivity (Wildman–Crippen MR) is 72.2 cm³/mol. The first-order chi connectivity index (χ1) is 8.27. The van der Waals surface area contributed by atoms with Gasteiger partial charge in [-0.3, -0.25) is 0 Å². The normalized spacial score (nSPS) is 23.8. The standard InChI is InChI=1S/C13H29N3O/c1-16-9-4-3-7-13(16)10-15-12(11-17-2)6-5-8-14/h12-13,15H,3-11,14H2,1-2H3. The van der Waals surface area contributed by atoms with Gasteiger partial charge in [0.15, 0.2) is 0 Å². The number of piperidine rings is 1. The van der Waals surface area contributed by atoms with E-state index in [0.29, 0.717) is 12.1 Å². The minimum atomic E-state index is 0.457. The van der Waals surface area contributed by atoms with Crippen molar-refractivity contribution in [2.45, 2.75) is 44.2 Å². The zero-order valence-corrected chi connectivity index (χ0v) is 11.5. The molecule has 0 amide bonds. The van der Waals surface area contributed by atoms with Crippen LogP contribution in [0.2, 0.25) is 0 Å². The monoisotopic (exact) mass is 243 g/mol. The molecule has 1 heterocycles. The number of nitrogens with one attached hydrogen (secondary N) is 1. The summed E-state index contributed by atoms with van der Waals surface area (Å²) in [6, 6.07) is 1.15. The average molecular weight is 243 g/mol. The zero-order chi connectivity index (χ0) is 12.5. The summed E-state index contributed by atoms with van der Waals surface area (Å²) in [6.45, 7) is 3.88. The molecule has 0 radical (unpaired) electrons. The molecule has 1 aliphatic heterocycles. The summed E-state index contributed by atoms with van der Waals surface area (Å²) in [5.41, 5.74) is 5.56. The molecule has 4 heteroatoms. The second kappa shape index (κ2) is 8.86. The van der Waals surface area contributed by atoms with E-state index in [1.807, 2.05) is 0 Å². The summed E-state index contributed by atoms with van der Waals surface area (Å²) in [4.78, 5) is 2.48. The summed E-state index contributed by atoms with van der Waals surface area (Å²) >= 11 is 0. The third-order valence-electron chi connectivity index (χ3n) is 3.69. The van der Waals surface area contributed by atoms with E-state index in [1.54, 1.807) is 7.11 Å². The first-order valence-electron chi connectivity index (χ1n) is 6.90. The first-order valence-corrected chi connectivity index (χ1v) is 6.90. The molecule has 0 aromatic carbocycles. The van der Waals surface area contributed by atoms with Crippen molar-refractivity contribution in [2.75, 3.05) is 40.4 Å². The van der Waals surface area contributed by atoms with Crippen LogP contribution < -0.4 is 11.1 Å². The van der Waals surface area contributed by atoms with Crippen LogP contribution in [0.4, 0.5) is 0 Å². The van der Waals surface area contributed by atoms with Crippen molar-refractivity contribution in [3.8, 4) is 0 Å². The van der Waals surface area contributed by atoms with Crippen LogP contribution in [0.1, 0.15) is 32.1 Å². The Kier molecular flexibility index (Phi) is 7.77. The van der Waals surface area contributed by atoms with Gasteiger partial charge in [0.1, 0.15) is 0 Å². The SMILES string of the molecule is COCC(CCCN)NCC1CCCCN1C. The van der Waals surface area contributed by atoms with Crippen LogP contribution in [0, 0.1) is 0 Å². The predicted octanol–water partition coefficient (Wildman–Crippen LogP) is 0.814. The maximum Gasteiger partial charge on any atom is 0.0615 e. The molecule has 102 valence electrons. The molecule has 0 spiro atoms. The van der Waals surface area contributed by atoms with Crippen molar-refractivity contribution in [2.24, 2.45) is 5.73 Å². The van der Waals surface area contributed by atoms with Crippen LogP contribution in [-0.4, -0.2) is 57.4 Å². The molecule has 0 saturated carbocycles. The van der Waals surface area contributed by atoms with E-state index in [2.05, 4.69) is 17.3 Å². The van der Waals surface area contributed by atoms with Gasteiger partial charge in [0.2, 0.25) is 0 Å². The van der Waals surface area contributed by atoms with E-state index < -0.39 is 0 Å². The fraction of sp³-hybridized carbons (Fsp3) is 1.00. The Balaban J connectivity index is 2.23. The number of rotatable bonds is 8. The van der Waals surface area contributed by atoms with Crippen LogP contribution in [0.15, 0.2) is 0 Å². The number of ether oxygens (including phenoxy) is 1. The van der Waals surface area contributed by atoms with Crippen molar-refractivity contribution >= 4 is 0 Å². The van der Waals surface area contributed by atoms with Crippen molar-refractivity contribution < 1.29 is 4.74 Å². The second-order valence-electron chi connectivity index (χ2n) is 5.12. The largest absolute Gasteiger partial charge is 0.383 e. The number of nitrogens with zero attached hydrogens (tertiary/aromatic N) is 1. The van der Waals surface area contributed by atoms with Gasteiger partial charge in [-0.15, -0.1) is 0 Å². The fourth-order valence-electron chi connectivity index (χ4n) is 2.51. The molecule has 2 atom stereocenters. The second-order valence-corrected chi connectivity index (χ2v) is 5.12. The van der Waals surface area contributed by atoms with Crippen LogP contribution in [0.25, 0.3) is 0 Å². The van der Waals surface area contributed by atoms with Crippen molar-refractivity contribution in [1.29, 1.82) is 0 Å². The van der Waals surface area contributed by atoms with Gasteiger partial charge in [-0.2, -0.15) is 0 Å². The topological polar surface area (TPSA) is 50.5 Å². The third-order valence-corrected chi connectivity index (χ3v) is 3.69. The van der Waals surface area contributed by atoms with Gasteiger partial charge in [0, 0.05) is 25.7 Å². The van der Waals surface area contributed by atoms with E-state index >= 15 is 0 Å². The molecule has 1 fully saturated rings. The van der Waals surface area contributed by atoms with Gasteiger partial charge in [-0.05, 0) is 45.8 Å². The van der Waals surface area contributed by atoms with Crippen molar-refractivity contribution in [1.82, 2.24) is 10.2 Å². The summed E-state index contributed by atoms with van der Waals surface area (Å²) in [5.74, 6) is 0. The smallest absolute Gasteiger partial charge is 0.0615 e. The van der Waals surface area contributed by atoms with E-state index in [-0.39, 0.29) is 0 Å². The quantitative estimate of drug-likeness (QED) is 0.662. The molecule has 0 bridgehead atoms. The number of likely N-dealkylation sites (N-methyl/N-ethyl adjacent to an activating group) is 1. The summed E-state index contributed by atoms with van der Waals surface area (Å²) in [5, 5.41) is 3.63. The Morgan fingerprint density at radius 1 is 1.47 bits per heavy atom. The minimum absolute atomic E-state index is 0.457. The van der Waals surface area contributed by atoms with Crippen LogP contribution in [0.3, 0.4) is 0 Å². The number of hydrogen-bond acceptors (Lipinski definition) is 4. The lowest BCUT2D eigenvalue weighted by atomic mass is 10.0. The lowest BCUT2D eigenvalue weighted by Crippen LogP contribution is -2.46. The Hall–Kier alpha value is -0.160. The summed E-state index contributed by atoms with van der Waals surface area (Å²) in [6.07, 6.45) is 6.22. The number of nitrogens with two attached hydrogens (primary N) is 1. The van der Waals surface area contributed by atoms with Crippen molar-refractivity contribution in [3.05, 3.63) is 0 Å². The molecule has 17 heavy (non-hydrogen) atoms. The average Bonchev–Trinajstić information content (AvgIpc) is 2.34. The third kappa shape index (κ3) is 5.82. The fourth-order valence-corrected chi connectivity index (χ4v) is 2.51. The van der Waals surface area contributed by atoms with E-state index in [4.69, 9.17) is 10.5 Å². The minimum Gasteiger partial charge on any atom is -0.383 e. The van der Waals surface area contributed by atoms with Gasteiger partial charge >= 0.3 is 0 Å². The number of hydrogen-bond donors (Lipinski definition) is 2. The summed E-state index contributed by atoms with van der Waals surface area (Å²) < 4.78 is 5.25. The highest BCUT2D eigenvalue weighted by molar-refractivity contribution is 4.78. The van der Waals surface area contributed by atoms with E-state index in [0.717, 1.165) is 32.5 Å². The lowest BCUT2D eigenvalue weighted by molar-refractivity contribution is 0.142. The van der Waals surface area contributed by atoms with Gasteiger partial charge in [-0.1, -0.05) is 6.42 Å². The highest BCUT2D eigenvalue weighted by atomic mass is 16.5. The molecule has 1 saturated heterocycles. The molecule has 3 N–H and O–H groups in total. The molecule has 4 nitrogen and oxygen atoms in total. The molecule has 0 aliphatic carbocycles. The van der Waals surface area contributed by atoms with Gasteiger partial charge in [0.05, 0.1) is 6.61 Å². The Morgan fingerprint density at radius 2 is 2.29 bits per heavy atom. The van der Waals surface area contributed by atoms with Crippen LogP contribution >= 0.6 is 0 Å². The highest BCUT2D eigenvalue weighted by Crippen LogP contribution is 2.14.